The summed E-state index contributed by atoms with van der Waals surface area (Å²) in [5.74, 6) is 1.11. The van der Waals surface area contributed by atoms with E-state index in [-0.39, 0.29) is 0 Å². The number of hydrogen-bond acceptors (Lipinski definition) is 3. The lowest BCUT2D eigenvalue weighted by atomic mass is 9.89. The maximum atomic E-state index is 9.42. The molecule has 1 fully saturated rings. The third-order valence-electron chi connectivity index (χ3n) is 4.36. The van der Waals surface area contributed by atoms with Crippen molar-refractivity contribution in [2.24, 2.45) is 11.7 Å². The molecule has 1 heterocycles. The number of nitrogens with two attached hydrogens (primary N) is 1. The van der Waals surface area contributed by atoms with Crippen LogP contribution in [0.1, 0.15) is 44.7 Å². The molecule has 1 aliphatic heterocycles. The number of rotatable bonds is 4. The Labute approximate surface area is 116 Å². The van der Waals surface area contributed by atoms with Crippen LogP contribution in [0.5, 0.6) is 5.75 Å². The molecular formula is C16H26N2O. The maximum Gasteiger partial charge on any atom is 0.115 e. The van der Waals surface area contributed by atoms with Crippen LogP contribution in [-0.2, 0) is 0 Å². The number of phenols is 1. The van der Waals surface area contributed by atoms with Crippen LogP contribution in [0.2, 0.25) is 0 Å². The number of phenolic OH excluding ortho intramolecular Hbond substituents is 1. The third kappa shape index (κ3) is 3.28. The summed E-state index contributed by atoms with van der Waals surface area (Å²) < 4.78 is 0. The smallest absolute Gasteiger partial charge is 0.115 e. The molecule has 106 valence electrons. The zero-order valence-electron chi connectivity index (χ0n) is 12.0. The molecule has 3 heteroatoms. The van der Waals surface area contributed by atoms with Gasteiger partial charge in [-0.3, -0.25) is 4.90 Å². The Kier molecular flexibility index (Phi) is 4.83. The standard InChI is InChI=1S/C16H26N2O/c1-3-16(13-4-6-15(19)7-5-13)18-9-8-12(2)10-14(18)11-17/h4-7,12,14,16,19H,3,8-11,17H2,1-2H3. The van der Waals surface area contributed by atoms with Crippen LogP contribution in [-0.4, -0.2) is 29.1 Å². The van der Waals surface area contributed by atoms with E-state index in [9.17, 15) is 5.11 Å². The van der Waals surface area contributed by atoms with Crippen LogP contribution in [0.4, 0.5) is 0 Å². The highest BCUT2D eigenvalue weighted by Gasteiger charge is 2.30. The van der Waals surface area contributed by atoms with Crippen molar-refractivity contribution < 1.29 is 5.11 Å². The Morgan fingerprint density at radius 2 is 2.05 bits per heavy atom. The molecule has 1 saturated heterocycles. The topological polar surface area (TPSA) is 49.5 Å². The number of benzene rings is 1. The second kappa shape index (κ2) is 6.40. The number of piperidine rings is 1. The Bertz CT molecular complexity index is 390. The highest BCUT2D eigenvalue weighted by molar-refractivity contribution is 5.28. The van der Waals surface area contributed by atoms with Crippen LogP contribution in [0.25, 0.3) is 0 Å². The van der Waals surface area contributed by atoms with Gasteiger partial charge in [0, 0.05) is 18.6 Å². The molecule has 1 aliphatic rings. The first-order chi connectivity index (χ1) is 9.15. The molecule has 19 heavy (non-hydrogen) atoms. The van der Waals surface area contributed by atoms with Crippen molar-refractivity contribution in [3.63, 3.8) is 0 Å². The summed E-state index contributed by atoms with van der Waals surface area (Å²) in [5, 5.41) is 9.42. The van der Waals surface area contributed by atoms with E-state index < -0.39 is 0 Å². The van der Waals surface area contributed by atoms with Gasteiger partial charge in [-0.05, 0) is 49.4 Å². The molecule has 0 bridgehead atoms. The fourth-order valence-electron chi connectivity index (χ4n) is 3.27. The molecule has 0 aromatic heterocycles. The second-order valence-electron chi connectivity index (χ2n) is 5.77. The van der Waals surface area contributed by atoms with Crippen LogP contribution >= 0.6 is 0 Å². The lowest BCUT2D eigenvalue weighted by Crippen LogP contribution is -2.47. The summed E-state index contributed by atoms with van der Waals surface area (Å²) in [7, 11) is 0. The molecule has 0 amide bonds. The van der Waals surface area contributed by atoms with E-state index in [0.717, 1.165) is 25.4 Å². The molecule has 0 saturated carbocycles. The SMILES string of the molecule is CCC(c1ccc(O)cc1)N1CCC(C)CC1CN. The van der Waals surface area contributed by atoms with Crippen molar-refractivity contribution in [2.75, 3.05) is 13.1 Å². The Morgan fingerprint density at radius 1 is 1.37 bits per heavy atom. The largest absolute Gasteiger partial charge is 0.508 e. The van der Waals surface area contributed by atoms with Crippen molar-refractivity contribution in [2.45, 2.75) is 45.2 Å². The van der Waals surface area contributed by atoms with E-state index in [0.29, 0.717) is 17.8 Å². The Balaban J connectivity index is 2.18. The van der Waals surface area contributed by atoms with E-state index in [1.165, 1.54) is 18.4 Å². The normalized spacial score (nSPS) is 26.3. The van der Waals surface area contributed by atoms with Gasteiger partial charge in [-0.15, -0.1) is 0 Å². The van der Waals surface area contributed by atoms with E-state index >= 15 is 0 Å². The summed E-state index contributed by atoms with van der Waals surface area (Å²) >= 11 is 0. The minimum atomic E-state index is 0.334. The van der Waals surface area contributed by atoms with Gasteiger partial charge < -0.3 is 10.8 Å². The zero-order chi connectivity index (χ0) is 13.8. The van der Waals surface area contributed by atoms with Crippen molar-refractivity contribution >= 4 is 0 Å². The second-order valence-corrected chi connectivity index (χ2v) is 5.77. The Hall–Kier alpha value is -1.06. The van der Waals surface area contributed by atoms with Gasteiger partial charge in [0.25, 0.3) is 0 Å². The van der Waals surface area contributed by atoms with Crippen LogP contribution < -0.4 is 5.73 Å². The zero-order valence-corrected chi connectivity index (χ0v) is 12.0. The average molecular weight is 262 g/mol. The summed E-state index contributed by atoms with van der Waals surface area (Å²) in [6, 6.07) is 8.54. The summed E-state index contributed by atoms with van der Waals surface area (Å²) in [6.07, 6.45) is 3.53. The van der Waals surface area contributed by atoms with Gasteiger partial charge in [0.2, 0.25) is 0 Å². The molecule has 3 atom stereocenters. The molecule has 1 aromatic rings. The van der Waals surface area contributed by atoms with E-state index in [2.05, 4.69) is 18.7 Å². The number of hydrogen-bond donors (Lipinski definition) is 2. The lowest BCUT2D eigenvalue weighted by molar-refractivity contribution is 0.0733. The van der Waals surface area contributed by atoms with Gasteiger partial charge in [0.1, 0.15) is 5.75 Å². The first-order valence-corrected chi connectivity index (χ1v) is 7.40. The number of nitrogens with zero attached hydrogens (tertiary/aromatic N) is 1. The van der Waals surface area contributed by atoms with Crippen LogP contribution in [0.3, 0.4) is 0 Å². The fraction of sp³-hybridized carbons (Fsp3) is 0.625. The summed E-state index contributed by atoms with van der Waals surface area (Å²) in [5.41, 5.74) is 7.25. The minimum Gasteiger partial charge on any atom is -0.508 e. The third-order valence-corrected chi connectivity index (χ3v) is 4.36. The molecule has 0 spiro atoms. The first kappa shape index (κ1) is 14.4. The van der Waals surface area contributed by atoms with E-state index in [1.807, 2.05) is 12.1 Å². The number of aromatic hydroxyl groups is 1. The average Bonchev–Trinajstić information content (AvgIpc) is 2.43. The van der Waals surface area contributed by atoms with Crippen LogP contribution in [0.15, 0.2) is 24.3 Å². The van der Waals surface area contributed by atoms with Crippen LogP contribution in [0, 0.1) is 5.92 Å². The highest BCUT2D eigenvalue weighted by atomic mass is 16.3. The Morgan fingerprint density at radius 3 is 2.63 bits per heavy atom. The van der Waals surface area contributed by atoms with Gasteiger partial charge in [0.15, 0.2) is 0 Å². The molecular weight excluding hydrogens is 236 g/mol. The molecule has 3 unspecified atom stereocenters. The van der Waals surface area contributed by atoms with Crippen molar-refractivity contribution in [1.29, 1.82) is 0 Å². The summed E-state index contributed by atoms with van der Waals surface area (Å²) in [4.78, 5) is 2.56. The fourth-order valence-corrected chi connectivity index (χ4v) is 3.27. The molecule has 0 radical (unpaired) electrons. The van der Waals surface area contributed by atoms with Crippen molar-refractivity contribution in [1.82, 2.24) is 4.90 Å². The predicted molar refractivity (Wildman–Crippen MR) is 79.1 cm³/mol. The number of likely N-dealkylation sites (tertiary alicyclic amines) is 1. The summed E-state index contributed by atoms with van der Waals surface area (Å²) in [6.45, 7) is 6.41. The first-order valence-electron chi connectivity index (χ1n) is 7.40. The molecule has 0 aliphatic carbocycles. The molecule has 2 rings (SSSR count). The monoisotopic (exact) mass is 262 g/mol. The molecule has 3 N–H and O–H groups in total. The van der Waals surface area contributed by atoms with Crippen molar-refractivity contribution in [3.05, 3.63) is 29.8 Å². The quantitative estimate of drug-likeness (QED) is 0.877. The molecule has 3 nitrogen and oxygen atoms in total. The predicted octanol–water partition coefficient (Wildman–Crippen LogP) is 2.90. The van der Waals surface area contributed by atoms with Gasteiger partial charge >= 0.3 is 0 Å². The maximum absolute atomic E-state index is 9.42. The van der Waals surface area contributed by atoms with Crippen molar-refractivity contribution in [3.8, 4) is 5.75 Å². The van der Waals surface area contributed by atoms with E-state index in [4.69, 9.17) is 5.73 Å². The molecule has 1 aromatic carbocycles. The lowest BCUT2D eigenvalue weighted by Gasteiger charge is -2.43. The van der Waals surface area contributed by atoms with E-state index in [1.54, 1.807) is 12.1 Å². The van der Waals surface area contributed by atoms with Gasteiger partial charge in [-0.2, -0.15) is 0 Å². The minimum absolute atomic E-state index is 0.334. The van der Waals surface area contributed by atoms with Gasteiger partial charge in [0.05, 0.1) is 0 Å². The van der Waals surface area contributed by atoms with Gasteiger partial charge in [-0.1, -0.05) is 26.0 Å². The van der Waals surface area contributed by atoms with Gasteiger partial charge in [-0.25, -0.2) is 0 Å². The highest BCUT2D eigenvalue weighted by Crippen LogP contribution is 2.33.